The molecule has 1 aromatic carbocycles. The number of amides is 2. The SMILES string of the molecule is NC1CCCCC1NC(=O)Nc1cc(C(=O)O)ccc1F. The Labute approximate surface area is 121 Å². The quantitative estimate of drug-likeness (QED) is 0.683. The van der Waals surface area contributed by atoms with E-state index in [-0.39, 0.29) is 23.3 Å². The molecule has 7 heteroatoms. The number of hydrogen-bond donors (Lipinski definition) is 4. The second kappa shape index (κ2) is 6.53. The minimum atomic E-state index is -1.19. The summed E-state index contributed by atoms with van der Waals surface area (Å²) in [4.78, 5) is 22.7. The fourth-order valence-electron chi connectivity index (χ4n) is 2.42. The number of nitrogens with one attached hydrogen (secondary N) is 2. The topological polar surface area (TPSA) is 104 Å². The Morgan fingerprint density at radius 1 is 1.29 bits per heavy atom. The molecule has 0 aromatic heterocycles. The van der Waals surface area contributed by atoms with Crippen LogP contribution in [0.3, 0.4) is 0 Å². The van der Waals surface area contributed by atoms with Gasteiger partial charge in [0.2, 0.25) is 0 Å². The molecule has 1 aliphatic rings. The predicted molar refractivity (Wildman–Crippen MR) is 75.7 cm³/mol. The van der Waals surface area contributed by atoms with Crippen molar-refractivity contribution in [2.45, 2.75) is 37.8 Å². The molecule has 5 N–H and O–H groups in total. The van der Waals surface area contributed by atoms with Gasteiger partial charge in [-0.15, -0.1) is 0 Å². The molecule has 0 spiro atoms. The van der Waals surface area contributed by atoms with Gasteiger partial charge in [0.25, 0.3) is 0 Å². The molecule has 1 aromatic rings. The Morgan fingerprint density at radius 2 is 2.00 bits per heavy atom. The summed E-state index contributed by atoms with van der Waals surface area (Å²) in [5, 5.41) is 13.9. The number of carbonyl (C=O) groups is 2. The van der Waals surface area contributed by atoms with Crippen LogP contribution in [0.1, 0.15) is 36.0 Å². The summed E-state index contributed by atoms with van der Waals surface area (Å²) in [5.41, 5.74) is 5.65. The number of carboxylic acids is 1. The van der Waals surface area contributed by atoms with Crippen LogP contribution in [0, 0.1) is 5.82 Å². The summed E-state index contributed by atoms with van der Waals surface area (Å²) < 4.78 is 13.6. The third kappa shape index (κ3) is 3.91. The first-order valence-corrected chi connectivity index (χ1v) is 6.83. The maximum absolute atomic E-state index is 13.6. The predicted octanol–water partition coefficient (Wildman–Crippen LogP) is 1.92. The highest BCUT2D eigenvalue weighted by Gasteiger charge is 2.23. The highest BCUT2D eigenvalue weighted by molar-refractivity contribution is 5.93. The number of nitrogens with two attached hydrogens (primary N) is 1. The molecular weight excluding hydrogens is 277 g/mol. The van der Waals surface area contributed by atoms with E-state index in [0.717, 1.165) is 43.9 Å². The lowest BCUT2D eigenvalue weighted by molar-refractivity contribution is 0.0697. The van der Waals surface area contributed by atoms with Gasteiger partial charge >= 0.3 is 12.0 Å². The fourth-order valence-corrected chi connectivity index (χ4v) is 2.42. The maximum Gasteiger partial charge on any atom is 0.335 e. The van der Waals surface area contributed by atoms with Gasteiger partial charge in [0.15, 0.2) is 0 Å². The van der Waals surface area contributed by atoms with Gasteiger partial charge in [0, 0.05) is 12.1 Å². The van der Waals surface area contributed by atoms with E-state index in [2.05, 4.69) is 10.6 Å². The molecular formula is C14H18FN3O3. The van der Waals surface area contributed by atoms with Gasteiger partial charge in [-0.25, -0.2) is 14.0 Å². The lowest BCUT2D eigenvalue weighted by atomic mass is 9.91. The van der Waals surface area contributed by atoms with E-state index in [0.29, 0.717) is 0 Å². The molecule has 2 atom stereocenters. The average Bonchev–Trinajstić information content (AvgIpc) is 2.43. The van der Waals surface area contributed by atoms with Gasteiger partial charge in [0.1, 0.15) is 5.82 Å². The third-order valence-electron chi connectivity index (χ3n) is 3.60. The fraction of sp³-hybridized carbons (Fsp3) is 0.429. The van der Waals surface area contributed by atoms with E-state index < -0.39 is 17.8 Å². The Hall–Kier alpha value is -2.15. The number of anilines is 1. The van der Waals surface area contributed by atoms with Gasteiger partial charge in [0.05, 0.1) is 11.3 Å². The molecule has 0 aliphatic heterocycles. The van der Waals surface area contributed by atoms with Crippen molar-refractivity contribution in [1.82, 2.24) is 5.32 Å². The number of rotatable bonds is 3. The van der Waals surface area contributed by atoms with Crippen molar-refractivity contribution in [2.24, 2.45) is 5.73 Å². The van der Waals surface area contributed by atoms with E-state index in [1.807, 2.05) is 0 Å². The largest absolute Gasteiger partial charge is 0.478 e. The summed E-state index contributed by atoms with van der Waals surface area (Å²) in [6.45, 7) is 0. The molecule has 0 heterocycles. The minimum absolute atomic E-state index is 0.0962. The van der Waals surface area contributed by atoms with E-state index in [1.54, 1.807) is 0 Å². The van der Waals surface area contributed by atoms with E-state index in [1.165, 1.54) is 0 Å². The summed E-state index contributed by atoms with van der Waals surface area (Å²) in [6.07, 6.45) is 3.65. The molecule has 0 radical (unpaired) electrons. The van der Waals surface area contributed by atoms with Crippen LogP contribution in [0.5, 0.6) is 0 Å². The van der Waals surface area contributed by atoms with Gasteiger partial charge in [-0.2, -0.15) is 0 Å². The van der Waals surface area contributed by atoms with E-state index >= 15 is 0 Å². The van der Waals surface area contributed by atoms with Crippen molar-refractivity contribution in [1.29, 1.82) is 0 Å². The normalized spacial score (nSPS) is 21.6. The molecule has 2 unspecified atom stereocenters. The molecule has 2 amide bonds. The molecule has 0 saturated heterocycles. The summed E-state index contributed by atoms with van der Waals surface area (Å²) in [7, 11) is 0. The zero-order valence-corrected chi connectivity index (χ0v) is 11.4. The Balaban J connectivity index is 2.02. The summed E-state index contributed by atoms with van der Waals surface area (Å²) in [5.74, 6) is -1.88. The van der Waals surface area contributed by atoms with Crippen LogP contribution < -0.4 is 16.4 Å². The zero-order chi connectivity index (χ0) is 15.4. The van der Waals surface area contributed by atoms with Crippen molar-refractivity contribution in [3.05, 3.63) is 29.6 Å². The van der Waals surface area contributed by atoms with Crippen LogP contribution in [0.2, 0.25) is 0 Å². The van der Waals surface area contributed by atoms with E-state index in [4.69, 9.17) is 10.8 Å². The highest BCUT2D eigenvalue weighted by Crippen LogP contribution is 2.18. The molecule has 1 aliphatic carbocycles. The van der Waals surface area contributed by atoms with Crippen LogP contribution in [-0.2, 0) is 0 Å². The zero-order valence-electron chi connectivity index (χ0n) is 11.4. The number of urea groups is 1. The number of carboxylic acid groups (broad SMARTS) is 1. The Bertz CT molecular complexity index is 550. The van der Waals surface area contributed by atoms with Crippen LogP contribution in [0.15, 0.2) is 18.2 Å². The summed E-state index contributed by atoms with van der Waals surface area (Å²) >= 11 is 0. The number of carbonyl (C=O) groups excluding carboxylic acids is 1. The minimum Gasteiger partial charge on any atom is -0.478 e. The van der Waals surface area contributed by atoms with Crippen LogP contribution in [0.4, 0.5) is 14.9 Å². The first kappa shape index (κ1) is 15.2. The molecule has 21 heavy (non-hydrogen) atoms. The van der Waals surface area contributed by atoms with Gasteiger partial charge < -0.3 is 21.5 Å². The lowest BCUT2D eigenvalue weighted by Gasteiger charge is -2.29. The van der Waals surface area contributed by atoms with Gasteiger partial charge in [-0.05, 0) is 31.0 Å². The van der Waals surface area contributed by atoms with Crippen molar-refractivity contribution in [3.8, 4) is 0 Å². The molecule has 1 fully saturated rings. The first-order chi connectivity index (χ1) is 9.97. The maximum atomic E-state index is 13.6. The monoisotopic (exact) mass is 295 g/mol. The number of benzene rings is 1. The van der Waals surface area contributed by atoms with Crippen LogP contribution >= 0.6 is 0 Å². The number of aromatic carboxylic acids is 1. The second-order valence-electron chi connectivity index (χ2n) is 5.15. The first-order valence-electron chi connectivity index (χ1n) is 6.83. The van der Waals surface area contributed by atoms with Crippen molar-refractivity contribution in [3.63, 3.8) is 0 Å². The van der Waals surface area contributed by atoms with Crippen molar-refractivity contribution in [2.75, 3.05) is 5.32 Å². The number of halogens is 1. The van der Waals surface area contributed by atoms with Crippen LogP contribution in [-0.4, -0.2) is 29.2 Å². The van der Waals surface area contributed by atoms with Gasteiger partial charge in [-0.3, -0.25) is 0 Å². The smallest absolute Gasteiger partial charge is 0.335 e. The number of hydrogen-bond acceptors (Lipinski definition) is 3. The third-order valence-corrected chi connectivity index (χ3v) is 3.60. The summed E-state index contributed by atoms with van der Waals surface area (Å²) in [6, 6.07) is 2.38. The lowest BCUT2D eigenvalue weighted by Crippen LogP contribution is -2.50. The van der Waals surface area contributed by atoms with Gasteiger partial charge in [-0.1, -0.05) is 12.8 Å². The van der Waals surface area contributed by atoms with Crippen LogP contribution in [0.25, 0.3) is 0 Å². The standard InChI is InChI=1S/C14H18FN3O3/c15-9-6-5-8(13(19)20)7-12(9)18-14(21)17-11-4-2-1-3-10(11)16/h5-7,10-11H,1-4,16H2,(H,19,20)(H2,17,18,21). The molecule has 1 saturated carbocycles. The average molecular weight is 295 g/mol. The Morgan fingerprint density at radius 3 is 2.67 bits per heavy atom. The second-order valence-corrected chi connectivity index (χ2v) is 5.15. The Kier molecular flexibility index (Phi) is 4.74. The van der Waals surface area contributed by atoms with Crippen molar-refractivity contribution >= 4 is 17.7 Å². The molecule has 114 valence electrons. The highest BCUT2D eigenvalue weighted by atomic mass is 19.1. The molecule has 0 bridgehead atoms. The van der Waals surface area contributed by atoms with Crippen molar-refractivity contribution < 1.29 is 19.1 Å². The van der Waals surface area contributed by atoms with E-state index in [9.17, 15) is 14.0 Å². The molecule has 6 nitrogen and oxygen atoms in total. The molecule has 2 rings (SSSR count).